The topological polar surface area (TPSA) is 0 Å². The van der Waals surface area contributed by atoms with Gasteiger partial charge in [-0.3, -0.25) is 0 Å². The van der Waals surface area contributed by atoms with E-state index in [1.807, 2.05) is 0 Å². The van der Waals surface area contributed by atoms with Crippen LogP contribution in [0.25, 0.3) is 0 Å². The zero-order valence-electron chi connectivity index (χ0n) is 33.8. The van der Waals surface area contributed by atoms with Crippen molar-refractivity contribution < 1.29 is 188 Å². The average Bonchev–Trinajstić information content (AvgIpc) is 3.12. The maximum atomic E-state index is 15.4. The molecule has 0 heterocycles. The van der Waals surface area contributed by atoms with Crippen LogP contribution in [0.5, 0.6) is 0 Å². The number of hydrogen-bond acceptors (Lipinski definition) is 0. The van der Waals surface area contributed by atoms with Crippen molar-refractivity contribution in [3.63, 3.8) is 0 Å². The summed E-state index contributed by atoms with van der Waals surface area (Å²) in [7, 11) is 0. The standard InChI is InChI=1S/C36H8BF36.Na/c38-25(39,40)9-1-13(29(50,51)52)21(14(2-9)30(53,54)55)37(22-15(31(56,57)58)3-10(26(41,42)43)4-16(22)32(59,60)61,23-17(33(62,63)64)5-11(27(44,45)46)6-18(23)34(65,66)67)24-19(35(68,69)70)7-12(28(47,48)49)8-20(24)36(71,72)73;/h1-8H;/q-1;+1. The van der Waals surface area contributed by atoms with Gasteiger partial charge in [0.2, 0.25) is 0 Å². The summed E-state index contributed by atoms with van der Waals surface area (Å²) in [6, 6.07) is -18.1. The van der Waals surface area contributed by atoms with Crippen molar-refractivity contribution in [3.8, 4) is 0 Å². The van der Waals surface area contributed by atoms with Gasteiger partial charge in [0.05, 0.1) is 22.3 Å². The molecule has 0 aliphatic heterocycles. The molecule has 0 amide bonds. The van der Waals surface area contributed by atoms with Crippen molar-refractivity contribution in [1.29, 1.82) is 0 Å². The average molecular weight is 1160 g/mol. The Morgan fingerprint density at radius 1 is 0.176 bits per heavy atom. The van der Waals surface area contributed by atoms with Gasteiger partial charge in [-0.25, -0.2) is 0 Å². The zero-order chi connectivity index (χ0) is 57.4. The van der Waals surface area contributed by atoms with Gasteiger partial charge in [0, 0.05) is 44.5 Å². The molecule has 0 saturated carbocycles. The van der Waals surface area contributed by atoms with Gasteiger partial charge in [-0.2, -0.15) is 180 Å². The van der Waals surface area contributed by atoms with Crippen LogP contribution in [0.3, 0.4) is 0 Å². The van der Waals surface area contributed by atoms with E-state index in [0.717, 1.165) is 0 Å². The Labute approximate surface area is 404 Å². The van der Waals surface area contributed by atoms with Crippen LogP contribution in [-0.2, 0) is 74.1 Å². The number of benzene rings is 4. The van der Waals surface area contributed by atoms with Crippen molar-refractivity contribution >= 4 is 28.0 Å². The van der Waals surface area contributed by atoms with Crippen LogP contribution < -0.4 is 51.4 Å². The number of rotatable bonds is 4. The Balaban J connectivity index is 0.0000144. The summed E-state index contributed by atoms with van der Waals surface area (Å²) in [5.41, 5.74) is -74.1. The second-order valence-corrected chi connectivity index (χ2v) is 14.8. The third-order valence-corrected chi connectivity index (χ3v) is 10.2. The SMILES string of the molecule is FC(F)(F)c1cc(C(F)(F)F)c([B-](c2c(C(F)(F)F)cc(C(F)(F)F)cc2C(F)(F)F)(c2c(C(F)(F)F)cc(C(F)(F)F)cc2C(F)(F)F)c2c(C(F)(F)F)cc(C(F)(F)F)cc2C(F)(F)F)c(C(F)(F)F)c1.[Na+]. The van der Waals surface area contributed by atoms with E-state index in [-0.39, 0.29) is 29.6 Å². The molecule has 0 unspecified atom stereocenters. The Kier molecular flexibility index (Phi) is 16.0. The second kappa shape index (κ2) is 18.6. The summed E-state index contributed by atoms with van der Waals surface area (Å²) in [6.45, 7) is 0. The van der Waals surface area contributed by atoms with E-state index in [9.17, 15) is 52.7 Å². The summed E-state index contributed by atoms with van der Waals surface area (Å²) in [4.78, 5) is 0. The van der Waals surface area contributed by atoms with E-state index in [0.29, 0.717) is 0 Å². The molecule has 74 heavy (non-hydrogen) atoms. The first-order chi connectivity index (χ1) is 31.8. The van der Waals surface area contributed by atoms with Crippen molar-refractivity contribution in [2.45, 2.75) is 74.1 Å². The first-order valence-corrected chi connectivity index (χ1v) is 17.6. The van der Waals surface area contributed by atoms with Crippen LogP contribution in [0.4, 0.5) is 158 Å². The second-order valence-electron chi connectivity index (χ2n) is 14.8. The quantitative estimate of drug-likeness (QED) is 0.141. The molecule has 0 aromatic heterocycles. The van der Waals surface area contributed by atoms with Gasteiger partial charge in [-0.1, -0.05) is 0 Å². The molecule has 0 radical (unpaired) electrons. The van der Waals surface area contributed by atoms with E-state index in [1.165, 1.54) is 0 Å². The monoisotopic (exact) mass is 1160 g/mol. The Hall–Kier alpha value is -4.58. The molecule has 0 saturated heterocycles. The van der Waals surface area contributed by atoms with Gasteiger partial charge < -0.3 is 0 Å². The molecular weight excluding hydrogens is 1150 g/mol. The fourth-order valence-corrected chi connectivity index (χ4v) is 7.88. The van der Waals surface area contributed by atoms with Crippen LogP contribution in [-0.4, -0.2) is 6.15 Å². The smallest absolute Gasteiger partial charge is 0.171 e. The molecule has 4 aromatic carbocycles. The summed E-state index contributed by atoms with van der Waals surface area (Å²) in [5.74, 6) is 0. The fraction of sp³-hybridized carbons (Fsp3) is 0.333. The minimum atomic E-state index is -9.45. The van der Waals surface area contributed by atoms with E-state index in [4.69, 9.17) is 0 Å². The van der Waals surface area contributed by atoms with Crippen molar-refractivity contribution in [2.75, 3.05) is 0 Å². The molecule has 38 heteroatoms. The predicted molar refractivity (Wildman–Crippen MR) is 170 cm³/mol. The van der Waals surface area contributed by atoms with Crippen LogP contribution >= 0.6 is 0 Å². The molecule has 0 spiro atoms. The summed E-state index contributed by atoms with van der Waals surface area (Å²) in [6.07, 6.45) is -101. The molecule has 4 aromatic rings. The van der Waals surface area contributed by atoms with E-state index < -0.39 is 217 Å². The number of alkyl halides is 36. The minimum Gasteiger partial charge on any atom is -0.171 e. The normalized spacial score (nSPS) is 14.6. The largest absolute Gasteiger partial charge is 1.00 e. The molecule has 0 fully saturated rings. The Morgan fingerprint density at radius 2 is 0.270 bits per heavy atom. The maximum absolute atomic E-state index is 15.4. The van der Waals surface area contributed by atoms with E-state index >= 15 is 105 Å². The number of halogens is 36. The molecule has 0 bridgehead atoms. The van der Waals surface area contributed by atoms with Gasteiger partial charge in [0.1, 0.15) is 6.15 Å². The van der Waals surface area contributed by atoms with Crippen molar-refractivity contribution in [2.24, 2.45) is 0 Å². The van der Waals surface area contributed by atoms with Gasteiger partial charge >= 0.3 is 104 Å². The van der Waals surface area contributed by atoms with E-state index in [2.05, 4.69) is 0 Å². The number of hydrogen-bond donors (Lipinski definition) is 0. The van der Waals surface area contributed by atoms with Crippen LogP contribution in [0, 0.1) is 0 Å². The van der Waals surface area contributed by atoms with Crippen molar-refractivity contribution in [1.82, 2.24) is 0 Å². The fourth-order valence-electron chi connectivity index (χ4n) is 7.88. The van der Waals surface area contributed by atoms with Crippen molar-refractivity contribution in [3.05, 3.63) is 115 Å². The molecule has 4 rings (SSSR count). The van der Waals surface area contributed by atoms with Gasteiger partial charge in [0.15, 0.2) is 0 Å². The predicted octanol–water partition coefficient (Wildman–Crippen LogP) is 12.3. The molecule has 0 atom stereocenters. The summed E-state index contributed by atoms with van der Waals surface area (Å²) < 4.78 is 540. The van der Waals surface area contributed by atoms with Gasteiger partial charge in [0.25, 0.3) is 0 Å². The summed E-state index contributed by atoms with van der Waals surface area (Å²) >= 11 is 0. The van der Waals surface area contributed by atoms with Crippen LogP contribution in [0.15, 0.2) is 48.5 Å². The van der Waals surface area contributed by atoms with Crippen LogP contribution in [0.1, 0.15) is 66.8 Å². The van der Waals surface area contributed by atoms with Gasteiger partial charge in [-0.05, 0) is 48.5 Å². The minimum absolute atomic E-state index is 0. The Bertz CT molecular complexity index is 2230. The molecular formula is C36H8BF36Na. The third-order valence-electron chi connectivity index (χ3n) is 10.2. The first-order valence-electron chi connectivity index (χ1n) is 17.6. The van der Waals surface area contributed by atoms with Gasteiger partial charge in [-0.15, -0.1) is 0 Å². The molecule has 0 aliphatic rings. The zero-order valence-corrected chi connectivity index (χ0v) is 35.8. The Morgan fingerprint density at radius 3 is 0.338 bits per heavy atom. The molecule has 0 aliphatic carbocycles. The molecule has 408 valence electrons. The molecule has 0 nitrogen and oxygen atoms in total. The van der Waals surface area contributed by atoms with E-state index in [1.54, 1.807) is 0 Å². The summed E-state index contributed by atoms with van der Waals surface area (Å²) in [5, 5.41) is 0. The maximum Gasteiger partial charge on any atom is 1.00 e. The van der Waals surface area contributed by atoms with Crippen LogP contribution in [0.2, 0.25) is 0 Å². The third kappa shape index (κ3) is 12.3. The first kappa shape index (κ1) is 63.7. The molecule has 0 N–H and O–H groups in total.